The SMILES string of the molecule is [c]1ccc(-c2ccc(-c3ccccc3)cn2)cc1. The van der Waals surface area contributed by atoms with E-state index >= 15 is 0 Å². The fourth-order valence-corrected chi connectivity index (χ4v) is 1.92. The van der Waals surface area contributed by atoms with Crippen LogP contribution in [-0.4, -0.2) is 4.98 Å². The Labute approximate surface area is 107 Å². The van der Waals surface area contributed by atoms with Crippen LogP contribution in [0.25, 0.3) is 22.4 Å². The first kappa shape index (κ1) is 10.7. The zero-order valence-corrected chi connectivity index (χ0v) is 9.88. The highest BCUT2D eigenvalue weighted by Crippen LogP contribution is 2.21. The number of aromatic nitrogens is 1. The molecular formula is C17H12N. The summed E-state index contributed by atoms with van der Waals surface area (Å²) in [4.78, 5) is 4.51. The standard InChI is InChI=1S/C17H12N/c1-3-7-14(8-4-1)16-11-12-17(18-13-16)15-9-5-2-6-10-15/h1,3-13H. The molecule has 3 rings (SSSR count). The maximum atomic E-state index is 4.51. The molecule has 0 fully saturated rings. The molecule has 2 aromatic carbocycles. The summed E-state index contributed by atoms with van der Waals surface area (Å²) in [7, 11) is 0. The number of pyridine rings is 1. The average molecular weight is 230 g/mol. The second-order valence-electron chi connectivity index (χ2n) is 4.09. The summed E-state index contributed by atoms with van der Waals surface area (Å²) in [5.74, 6) is 0. The average Bonchev–Trinajstić information content (AvgIpc) is 2.49. The summed E-state index contributed by atoms with van der Waals surface area (Å²) in [5, 5.41) is 0. The number of hydrogen-bond acceptors (Lipinski definition) is 1. The van der Waals surface area contributed by atoms with Crippen LogP contribution >= 0.6 is 0 Å². The van der Waals surface area contributed by atoms with Gasteiger partial charge < -0.3 is 0 Å². The van der Waals surface area contributed by atoms with E-state index in [4.69, 9.17) is 0 Å². The molecule has 1 aromatic heterocycles. The van der Waals surface area contributed by atoms with Crippen molar-refractivity contribution in [2.24, 2.45) is 0 Å². The summed E-state index contributed by atoms with van der Waals surface area (Å²) in [5.41, 5.74) is 4.44. The van der Waals surface area contributed by atoms with Gasteiger partial charge in [-0.2, -0.15) is 0 Å². The van der Waals surface area contributed by atoms with Crippen molar-refractivity contribution in [3.63, 3.8) is 0 Å². The fraction of sp³-hybridized carbons (Fsp3) is 0. The van der Waals surface area contributed by atoms with E-state index in [9.17, 15) is 0 Å². The van der Waals surface area contributed by atoms with Gasteiger partial charge >= 0.3 is 0 Å². The number of nitrogens with zero attached hydrogens (tertiary/aromatic N) is 1. The minimum absolute atomic E-state index is 0.990. The molecule has 0 aliphatic carbocycles. The van der Waals surface area contributed by atoms with Crippen molar-refractivity contribution in [3.8, 4) is 22.4 Å². The number of hydrogen-bond donors (Lipinski definition) is 0. The minimum atomic E-state index is 0.990. The highest BCUT2D eigenvalue weighted by atomic mass is 14.7. The third-order valence-electron chi connectivity index (χ3n) is 2.88. The zero-order valence-electron chi connectivity index (χ0n) is 9.88. The molecule has 18 heavy (non-hydrogen) atoms. The molecule has 0 aliphatic rings. The molecule has 3 aromatic rings. The quantitative estimate of drug-likeness (QED) is 0.642. The van der Waals surface area contributed by atoms with E-state index in [0.717, 1.165) is 16.8 Å². The van der Waals surface area contributed by atoms with Gasteiger partial charge in [0, 0.05) is 17.3 Å². The third kappa shape index (κ3) is 2.16. The summed E-state index contributed by atoms with van der Waals surface area (Å²) in [6, 6.07) is 25.3. The van der Waals surface area contributed by atoms with Crippen LogP contribution in [0.4, 0.5) is 0 Å². The Balaban J connectivity index is 1.95. The summed E-state index contributed by atoms with van der Waals surface area (Å²) < 4.78 is 0. The molecule has 0 saturated carbocycles. The van der Waals surface area contributed by atoms with Crippen LogP contribution in [0.2, 0.25) is 0 Å². The highest BCUT2D eigenvalue weighted by Gasteiger charge is 2.00. The lowest BCUT2D eigenvalue weighted by atomic mass is 10.1. The molecule has 85 valence electrons. The third-order valence-corrected chi connectivity index (χ3v) is 2.88. The maximum Gasteiger partial charge on any atom is 0.0702 e. The van der Waals surface area contributed by atoms with Crippen molar-refractivity contribution in [3.05, 3.63) is 79.0 Å². The second-order valence-corrected chi connectivity index (χ2v) is 4.09. The van der Waals surface area contributed by atoms with Gasteiger partial charge in [0.2, 0.25) is 0 Å². The molecule has 0 saturated heterocycles. The Bertz CT molecular complexity index is 554. The van der Waals surface area contributed by atoms with Gasteiger partial charge in [0.1, 0.15) is 0 Å². The zero-order chi connectivity index (χ0) is 12.2. The lowest BCUT2D eigenvalue weighted by Crippen LogP contribution is -1.84. The lowest BCUT2D eigenvalue weighted by molar-refractivity contribution is 1.32. The molecule has 1 radical (unpaired) electrons. The Morgan fingerprint density at radius 2 is 1.44 bits per heavy atom. The van der Waals surface area contributed by atoms with Crippen LogP contribution in [-0.2, 0) is 0 Å². The van der Waals surface area contributed by atoms with Crippen LogP contribution in [0, 0.1) is 6.07 Å². The second kappa shape index (κ2) is 4.84. The molecule has 0 atom stereocenters. The van der Waals surface area contributed by atoms with E-state index in [2.05, 4.69) is 35.3 Å². The number of benzene rings is 2. The van der Waals surface area contributed by atoms with E-state index in [1.165, 1.54) is 5.56 Å². The smallest absolute Gasteiger partial charge is 0.0702 e. The first-order valence-electron chi connectivity index (χ1n) is 5.91. The van der Waals surface area contributed by atoms with E-state index in [-0.39, 0.29) is 0 Å². The topological polar surface area (TPSA) is 12.9 Å². The number of rotatable bonds is 2. The van der Waals surface area contributed by atoms with Crippen molar-refractivity contribution in [2.45, 2.75) is 0 Å². The van der Waals surface area contributed by atoms with E-state index < -0.39 is 0 Å². The van der Waals surface area contributed by atoms with Crippen LogP contribution in [0.15, 0.2) is 72.9 Å². The van der Waals surface area contributed by atoms with Crippen molar-refractivity contribution >= 4 is 0 Å². The molecule has 0 amide bonds. The summed E-state index contributed by atoms with van der Waals surface area (Å²) >= 11 is 0. The Morgan fingerprint density at radius 3 is 2.11 bits per heavy atom. The van der Waals surface area contributed by atoms with Crippen molar-refractivity contribution in [1.29, 1.82) is 0 Å². The van der Waals surface area contributed by atoms with Crippen LogP contribution in [0.1, 0.15) is 0 Å². The van der Waals surface area contributed by atoms with Gasteiger partial charge in [-0.3, -0.25) is 4.98 Å². The fourth-order valence-electron chi connectivity index (χ4n) is 1.92. The van der Waals surface area contributed by atoms with Gasteiger partial charge in [-0.1, -0.05) is 60.7 Å². The first-order chi connectivity index (χ1) is 8.93. The molecular weight excluding hydrogens is 218 g/mol. The normalized spacial score (nSPS) is 10.2. The highest BCUT2D eigenvalue weighted by molar-refractivity contribution is 5.66. The van der Waals surface area contributed by atoms with Crippen molar-refractivity contribution < 1.29 is 0 Å². The van der Waals surface area contributed by atoms with E-state index in [1.54, 1.807) is 0 Å². The van der Waals surface area contributed by atoms with Gasteiger partial charge in [0.05, 0.1) is 5.69 Å². The largest absolute Gasteiger partial charge is 0.256 e. The Kier molecular flexibility index (Phi) is 2.89. The molecule has 1 heterocycles. The van der Waals surface area contributed by atoms with E-state index in [1.807, 2.05) is 48.7 Å². The minimum Gasteiger partial charge on any atom is -0.256 e. The monoisotopic (exact) mass is 230 g/mol. The van der Waals surface area contributed by atoms with Gasteiger partial charge in [0.25, 0.3) is 0 Å². The van der Waals surface area contributed by atoms with Gasteiger partial charge in [-0.05, 0) is 17.7 Å². The van der Waals surface area contributed by atoms with Gasteiger partial charge in [0.15, 0.2) is 0 Å². The van der Waals surface area contributed by atoms with Crippen LogP contribution in [0.3, 0.4) is 0 Å². The van der Waals surface area contributed by atoms with Crippen LogP contribution < -0.4 is 0 Å². The lowest BCUT2D eigenvalue weighted by Gasteiger charge is -2.03. The molecule has 0 N–H and O–H groups in total. The molecule has 1 nitrogen and oxygen atoms in total. The summed E-state index contributed by atoms with van der Waals surface area (Å²) in [6.07, 6.45) is 1.92. The van der Waals surface area contributed by atoms with Crippen molar-refractivity contribution in [1.82, 2.24) is 4.98 Å². The van der Waals surface area contributed by atoms with Crippen molar-refractivity contribution in [2.75, 3.05) is 0 Å². The molecule has 1 heteroatoms. The Morgan fingerprint density at radius 1 is 0.667 bits per heavy atom. The predicted molar refractivity (Wildman–Crippen MR) is 73.9 cm³/mol. The summed E-state index contributed by atoms with van der Waals surface area (Å²) in [6.45, 7) is 0. The Hall–Kier alpha value is -2.41. The molecule has 0 unspecified atom stereocenters. The van der Waals surface area contributed by atoms with E-state index in [0.29, 0.717) is 0 Å². The van der Waals surface area contributed by atoms with Crippen LogP contribution in [0.5, 0.6) is 0 Å². The first-order valence-corrected chi connectivity index (χ1v) is 5.91. The predicted octanol–water partition coefficient (Wildman–Crippen LogP) is 4.22. The van der Waals surface area contributed by atoms with Gasteiger partial charge in [-0.15, -0.1) is 0 Å². The molecule has 0 aliphatic heterocycles. The van der Waals surface area contributed by atoms with Gasteiger partial charge in [-0.25, -0.2) is 0 Å². The maximum absolute atomic E-state index is 4.51. The molecule has 0 spiro atoms. The molecule has 0 bridgehead atoms.